The standard InChI is InChI=1S/C21H26ClN3O4S/c1-4-13-23-20(26)17-11-6-7-12-18(17)24-21(27)19(5-2)25(30(3,28)29)16-10-8-9-15(22)14-16/h6-12,14,19H,4-5,13H2,1-3H3,(H,23,26)(H,24,27). The molecule has 2 amide bonds. The van der Waals surface area contributed by atoms with Gasteiger partial charge in [-0.05, 0) is 43.2 Å². The number of para-hydroxylation sites is 1. The van der Waals surface area contributed by atoms with Crippen LogP contribution in [0.4, 0.5) is 11.4 Å². The normalized spacial score (nSPS) is 12.1. The van der Waals surface area contributed by atoms with E-state index in [0.29, 0.717) is 28.5 Å². The Morgan fingerprint density at radius 1 is 1.10 bits per heavy atom. The molecule has 0 saturated heterocycles. The Morgan fingerprint density at radius 2 is 1.80 bits per heavy atom. The first-order valence-electron chi connectivity index (χ1n) is 9.62. The van der Waals surface area contributed by atoms with Gasteiger partial charge in [-0.1, -0.05) is 43.6 Å². The number of hydrogen-bond acceptors (Lipinski definition) is 4. The van der Waals surface area contributed by atoms with Crippen molar-refractivity contribution >= 4 is 44.8 Å². The van der Waals surface area contributed by atoms with Crippen molar-refractivity contribution in [1.82, 2.24) is 5.32 Å². The van der Waals surface area contributed by atoms with Gasteiger partial charge < -0.3 is 10.6 Å². The first-order chi connectivity index (χ1) is 14.2. The van der Waals surface area contributed by atoms with E-state index in [1.165, 1.54) is 6.07 Å². The Morgan fingerprint density at radius 3 is 2.40 bits per heavy atom. The van der Waals surface area contributed by atoms with Crippen LogP contribution in [0.3, 0.4) is 0 Å². The van der Waals surface area contributed by atoms with Gasteiger partial charge in [-0.15, -0.1) is 0 Å². The first-order valence-corrected chi connectivity index (χ1v) is 11.8. The van der Waals surface area contributed by atoms with Crippen LogP contribution in [0.2, 0.25) is 5.02 Å². The molecule has 0 heterocycles. The highest BCUT2D eigenvalue weighted by molar-refractivity contribution is 7.92. The number of amides is 2. The Bertz CT molecular complexity index is 1010. The zero-order valence-corrected chi connectivity index (χ0v) is 18.8. The van der Waals surface area contributed by atoms with Crippen molar-refractivity contribution in [2.45, 2.75) is 32.7 Å². The lowest BCUT2D eigenvalue weighted by molar-refractivity contribution is -0.117. The Kier molecular flexibility index (Phi) is 8.25. The fourth-order valence-electron chi connectivity index (χ4n) is 3.01. The Balaban J connectivity index is 2.37. The van der Waals surface area contributed by atoms with Crippen LogP contribution in [0.15, 0.2) is 48.5 Å². The summed E-state index contributed by atoms with van der Waals surface area (Å²) < 4.78 is 26.1. The van der Waals surface area contributed by atoms with Crippen molar-refractivity contribution in [3.63, 3.8) is 0 Å². The fourth-order valence-corrected chi connectivity index (χ4v) is 4.40. The molecule has 0 aliphatic carbocycles. The number of nitrogens with zero attached hydrogens (tertiary/aromatic N) is 1. The van der Waals surface area contributed by atoms with Gasteiger partial charge in [0.05, 0.1) is 23.2 Å². The highest BCUT2D eigenvalue weighted by Crippen LogP contribution is 2.26. The van der Waals surface area contributed by atoms with Gasteiger partial charge in [-0.25, -0.2) is 8.42 Å². The monoisotopic (exact) mass is 451 g/mol. The molecule has 0 spiro atoms. The molecule has 1 atom stereocenters. The third-order valence-electron chi connectivity index (χ3n) is 4.36. The maximum absolute atomic E-state index is 13.1. The summed E-state index contributed by atoms with van der Waals surface area (Å²) in [5, 5.41) is 5.85. The van der Waals surface area contributed by atoms with Crippen LogP contribution in [0.5, 0.6) is 0 Å². The summed E-state index contributed by atoms with van der Waals surface area (Å²) >= 11 is 6.03. The molecule has 2 rings (SSSR count). The number of sulfonamides is 1. The molecule has 30 heavy (non-hydrogen) atoms. The lowest BCUT2D eigenvalue weighted by atomic mass is 10.1. The number of hydrogen-bond donors (Lipinski definition) is 2. The van der Waals surface area contributed by atoms with E-state index in [4.69, 9.17) is 11.6 Å². The van der Waals surface area contributed by atoms with Crippen molar-refractivity contribution in [1.29, 1.82) is 0 Å². The van der Waals surface area contributed by atoms with Gasteiger partial charge in [-0.3, -0.25) is 13.9 Å². The van der Waals surface area contributed by atoms with Gasteiger partial charge in [0, 0.05) is 11.6 Å². The SMILES string of the molecule is CCCNC(=O)c1ccccc1NC(=O)C(CC)N(c1cccc(Cl)c1)S(C)(=O)=O. The second kappa shape index (κ2) is 10.4. The second-order valence-corrected chi connectivity index (χ2v) is 9.05. The molecule has 1 unspecified atom stereocenters. The summed E-state index contributed by atoms with van der Waals surface area (Å²) in [4.78, 5) is 25.5. The number of halogens is 1. The average Bonchev–Trinajstić information content (AvgIpc) is 2.69. The number of rotatable bonds is 9. The van der Waals surface area contributed by atoms with Crippen LogP contribution < -0.4 is 14.9 Å². The van der Waals surface area contributed by atoms with Gasteiger partial charge >= 0.3 is 0 Å². The topological polar surface area (TPSA) is 95.6 Å². The van der Waals surface area contributed by atoms with E-state index in [2.05, 4.69) is 10.6 Å². The van der Waals surface area contributed by atoms with E-state index >= 15 is 0 Å². The first kappa shape index (κ1) is 23.7. The zero-order valence-electron chi connectivity index (χ0n) is 17.2. The molecule has 0 fully saturated rings. The van der Waals surface area contributed by atoms with E-state index in [9.17, 15) is 18.0 Å². The van der Waals surface area contributed by atoms with E-state index in [1.807, 2.05) is 6.92 Å². The molecule has 0 saturated carbocycles. The smallest absolute Gasteiger partial charge is 0.253 e. The quantitative estimate of drug-likeness (QED) is 0.608. The number of carbonyl (C=O) groups is 2. The Labute approximate surface area is 182 Å². The predicted molar refractivity (Wildman–Crippen MR) is 121 cm³/mol. The molecule has 2 N–H and O–H groups in total. The van der Waals surface area contributed by atoms with Crippen LogP contribution in [0, 0.1) is 0 Å². The predicted octanol–water partition coefficient (Wildman–Crippen LogP) is 3.66. The molecule has 0 aliphatic heterocycles. The summed E-state index contributed by atoms with van der Waals surface area (Å²) in [6.07, 6.45) is 2.03. The summed E-state index contributed by atoms with van der Waals surface area (Å²) in [5.41, 5.74) is 0.915. The van der Waals surface area contributed by atoms with E-state index in [1.54, 1.807) is 49.4 Å². The maximum Gasteiger partial charge on any atom is 0.253 e. The minimum absolute atomic E-state index is 0.218. The average molecular weight is 452 g/mol. The number of carbonyl (C=O) groups excluding carboxylic acids is 2. The molecule has 2 aromatic carbocycles. The molecule has 2 aromatic rings. The van der Waals surface area contributed by atoms with Gasteiger partial charge in [-0.2, -0.15) is 0 Å². The molecule has 7 nitrogen and oxygen atoms in total. The van der Waals surface area contributed by atoms with Crippen molar-refractivity contribution < 1.29 is 18.0 Å². The molecule has 0 aliphatic rings. The molecule has 162 valence electrons. The second-order valence-electron chi connectivity index (χ2n) is 6.75. The maximum atomic E-state index is 13.1. The number of benzene rings is 2. The van der Waals surface area contributed by atoms with Crippen molar-refractivity contribution in [3.05, 3.63) is 59.1 Å². The van der Waals surface area contributed by atoms with Gasteiger partial charge in [0.15, 0.2) is 0 Å². The molecule has 9 heteroatoms. The van der Waals surface area contributed by atoms with Crippen LogP contribution in [0.1, 0.15) is 37.0 Å². The van der Waals surface area contributed by atoms with Crippen LogP contribution in [0.25, 0.3) is 0 Å². The highest BCUT2D eigenvalue weighted by atomic mass is 35.5. The van der Waals surface area contributed by atoms with Crippen molar-refractivity contribution in [3.8, 4) is 0 Å². The summed E-state index contributed by atoms with van der Waals surface area (Å²) in [7, 11) is -3.79. The van der Waals surface area contributed by atoms with Crippen LogP contribution in [-0.4, -0.2) is 39.1 Å². The lowest BCUT2D eigenvalue weighted by Crippen LogP contribution is -2.47. The molecular weight excluding hydrogens is 426 g/mol. The minimum atomic E-state index is -3.79. The van der Waals surface area contributed by atoms with Crippen molar-refractivity contribution in [2.24, 2.45) is 0 Å². The summed E-state index contributed by atoms with van der Waals surface area (Å²) in [5.74, 6) is -0.853. The third-order valence-corrected chi connectivity index (χ3v) is 5.77. The van der Waals surface area contributed by atoms with Crippen LogP contribution in [-0.2, 0) is 14.8 Å². The fraction of sp³-hybridized carbons (Fsp3) is 0.333. The minimum Gasteiger partial charge on any atom is -0.352 e. The molecule has 0 bridgehead atoms. The third kappa shape index (κ3) is 5.96. The van der Waals surface area contributed by atoms with Gasteiger partial charge in [0.2, 0.25) is 15.9 Å². The van der Waals surface area contributed by atoms with E-state index in [-0.39, 0.29) is 12.3 Å². The zero-order chi connectivity index (χ0) is 22.3. The highest BCUT2D eigenvalue weighted by Gasteiger charge is 2.32. The summed E-state index contributed by atoms with van der Waals surface area (Å²) in [6.45, 7) is 4.16. The summed E-state index contributed by atoms with van der Waals surface area (Å²) in [6, 6.07) is 11.9. The Hall–Kier alpha value is -2.58. The largest absolute Gasteiger partial charge is 0.352 e. The number of nitrogens with one attached hydrogen (secondary N) is 2. The number of anilines is 2. The lowest BCUT2D eigenvalue weighted by Gasteiger charge is -2.30. The molecule has 0 aromatic heterocycles. The molecule has 0 radical (unpaired) electrons. The van der Waals surface area contributed by atoms with Crippen LogP contribution >= 0.6 is 11.6 Å². The molecular formula is C21H26ClN3O4S. The van der Waals surface area contributed by atoms with E-state index in [0.717, 1.165) is 17.0 Å². The van der Waals surface area contributed by atoms with E-state index < -0.39 is 22.0 Å². The van der Waals surface area contributed by atoms with Crippen molar-refractivity contribution in [2.75, 3.05) is 22.4 Å². The van der Waals surface area contributed by atoms with Gasteiger partial charge in [0.25, 0.3) is 5.91 Å². The van der Waals surface area contributed by atoms with Gasteiger partial charge in [0.1, 0.15) is 6.04 Å².